The van der Waals surface area contributed by atoms with Gasteiger partial charge < -0.3 is 5.32 Å². The van der Waals surface area contributed by atoms with Gasteiger partial charge in [0.1, 0.15) is 0 Å². The Bertz CT molecular complexity index is 98.6. The molecule has 2 bridgehead atoms. The largest absolute Gasteiger partial charge is 0.314 e. The first-order chi connectivity index (χ1) is 3.86. The van der Waals surface area contributed by atoms with E-state index in [0.29, 0.717) is 0 Å². The fourth-order valence-corrected chi connectivity index (χ4v) is 2.10. The van der Waals surface area contributed by atoms with Crippen LogP contribution in [0, 0.1) is 11.8 Å². The Hall–Kier alpha value is -0.0400. The Morgan fingerprint density at radius 1 is 1.38 bits per heavy atom. The van der Waals surface area contributed by atoms with Crippen LogP contribution in [-0.4, -0.2) is 12.6 Å². The van der Waals surface area contributed by atoms with Gasteiger partial charge in [-0.2, -0.15) is 0 Å². The summed E-state index contributed by atoms with van der Waals surface area (Å²) in [6.07, 6.45) is 2.89. The summed E-state index contributed by atoms with van der Waals surface area (Å²) < 4.78 is 0. The molecule has 2 unspecified atom stereocenters. The lowest BCUT2D eigenvalue weighted by molar-refractivity contribution is 0.379. The molecule has 1 saturated carbocycles. The lowest BCUT2D eigenvalue weighted by Gasteiger charge is -2.16. The van der Waals surface area contributed by atoms with E-state index >= 15 is 0 Å². The minimum absolute atomic E-state index is 0.898. The smallest absolute Gasteiger partial charge is 0.00730 e. The molecule has 1 aliphatic carbocycles. The summed E-state index contributed by atoms with van der Waals surface area (Å²) in [6, 6.07) is 0.898. The molecule has 2 aliphatic rings. The van der Waals surface area contributed by atoms with Crippen molar-refractivity contribution in [3.63, 3.8) is 0 Å². The molecule has 2 fully saturated rings. The molecule has 3 atom stereocenters. The topological polar surface area (TPSA) is 12.0 Å². The van der Waals surface area contributed by atoms with E-state index in [9.17, 15) is 0 Å². The molecule has 1 saturated heterocycles. The Balaban J connectivity index is 2.11. The van der Waals surface area contributed by atoms with E-state index in [1.165, 1.54) is 19.4 Å². The van der Waals surface area contributed by atoms with Gasteiger partial charge in [0.15, 0.2) is 0 Å². The molecule has 0 radical (unpaired) electrons. The van der Waals surface area contributed by atoms with Crippen LogP contribution in [0.4, 0.5) is 0 Å². The van der Waals surface area contributed by atoms with Gasteiger partial charge in [0.05, 0.1) is 0 Å². The quantitative estimate of drug-likeness (QED) is 0.492. The van der Waals surface area contributed by atoms with Crippen molar-refractivity contribution in [1.29, 1.82) is 0 Å². The highest BCUT2D eigenvalue weighted by Crippen LogP contribution is 2.35. The molecule has 2 rings (SSSR count). The maximum absolute atomic E-state index is 3.49. The van der Waals surface area contributed by atoms with Gasteiger partial charge in [0, 0.05) is 6.04 Å². The zero-order valence-corrected chi connectivity index (χ0v) is 5.35. The average Bonchev–Trinajstić information content (AvgIpc) is 2.23. The minimum Gasteiger partial charge on any atom is -0.314 e. The molecule has 1 heteroatoms. The van der Waals surface area contributed by atoms with Crippen molar-refractivity contribution < 1.29 is 0 Å². The fourth-order valence-electron chi connectivity index (χ4n) is 2.10. The summed E-state index contributed by atoms with van der Waals surface area (Å²) in [5, 5.41) is 3.49. The van der Waals surface area contributed by atoms with Gasteiger partial charge in [0.25, 0.3) is 0 Å². The third-order valence-electron chi connectivity index (χ3n) is 2.72. The van der Waals surface area contributed by atoms with Gasteiger partial charge in [-0.3, -0.25) is 0 Å². The number of fused-ring (bicyclic) bond motifs is 2. The van der Waals surface area contributed by atoms with E-state index in [0.717, 1.165) is 17.9 Å². The normalized spacial score (nSPS) is 52.9. The number of hydrogen-bond donors (Lipinski definition) is 1. The molecule has 0 aromatic carbocycles. The number of rotatable bonds is 0. The molecule has 8 heavy (non-hydrogen) atoms. The second-order valence-corrected chi connectivity index (χ2v) is 3.31. The minimum atomic E-state index is 0.898. The highest BCUT2D eigenvalue weighted by atomic mass is 15.0. The molecule has 46 valence electrons. The van der Waals surface area contributed by atoms with Gasteiger partial charge in [-0.05, 0) is 31.2 Å². The van der Waals surface area contributed by atoms with E-state index < -0.39 is 0 Å². The number of nitrogens with one attached hydrogen (secondary N) is 1. The van der Waals surface area contributed by atoms with Crippen LogP contribution in [0.1, 0.15) is 19.8 Å². The van der Waals surface area contributed by atoms with Gasteiger partial charge in [-0.15, -0.1) is 0 Å². The van der Waals surface area contributed by atoms with E-state index in [2.05, 4.69) is 12.2 Å². The van der Waals surface area contributed by atoms with Gasteiger partial charge in [-0.25, -0.2) is 0 Å². The predicted octanol–water partition coefficient (Wildman–Crippen LogP) is 1.00. The lowest BCUT2D eigenvalue weighted by Crippen LogP contribution is -2.28. The predicted molar refractivity (Wildman–Crippen MR) is 33.7 cm³/mol. The fraction of sp³-hybridized carbons (Fsp3) is 1.00. The van der Waals surface area contributed by atoms with E-state index in [4.69, 9.17) is 0 Å². The summed E-state index contributed by atoms with van der Waals surface area (Å²) in [4.78, 5) is 0. The van der Waals surface area contributed by atoms with Crippen LogP contribution in [0.2, 0.25) is 0 Å². The summed E-state index contributed by atoms with van der Waals surface area (Å²) in [5.41, 5.74) is 0. The Morgan fingerprint density at radius 3 is 2.50 bits per heavy atom. The second kappa shape index (κ2) is 1.47. The zero-order chi connectivity index (χ0) is 5.56. The van der Waals surface area contributed by atoms with Crippen molar-refractivity contribution in [2.45, 2.75) is 25.8 Å². The molecule has 1 nitrogen and oxygen atoms in total. The van der Waals surface area contributed by atoms with Crippen molar-refractivity contribution in [3.05, 3.63) is 0 Å². The van der Waals surface area contributed by atoms with Crippen molar-refractivity contribution >= 4 is 0 Å². The summed E-state index contributed by atoms with van der Waals surface area (Å²) in [5.74, 6) is 2.04. The summed E-state index contributed by atoms with van der Waals surface area (Å²) in [6.45, 7) is 3.68. The Morgan fingerprint density at radius 2 is 2.25 bits per heavy atom. The highest BCUT2D eigenvalue weighted by molar-refractivity contribution is 4.92. The highest BCUT2D eigenvalue weighted by Gasteiger charge is 2.36. The van der Waals surface area contributed by atoms with Gasteiger partial charge >= 0.3 is 0 Å². The van der Waals surface area contributed by atoms with Crippen LogP contribution in [0.3, 0.4) is 0 Å². The van der Waals surface area contributed by atoms with Crippen LogP contribution in [-0.2, 0) is 0 Å². The number of hydrogen-bond acceptors (Lipinski definition) is 1. The van der Waals surface area contributed by atoms with Crippen LogP contribution in [0.25, 0.3) is 0 Å². The molecule has 0 aromatic rings. The second-order valence-electron chi connectivity index (χ2n) is 3.31. The average molecular weight is 111 g/mol. The maximum atomic E-state index is 3.49. The van der Waals surface area contributed by atoms with Crippen molar-refractivity contribution in [2.75, 3.05) is 6.54 Å². The molecule has 1 heterocycles. The monoisotopic (exact) mass is 111 g/mol. The lowest BCUT2D eigenvalue weighted by atomic mass is 9.98. The number of piperidine rings is 1. The van der Waals surface area contributed by atoms with Crippen LogP contribution in [0.5, 0.6) is 0 Å². The van der Waals surface area contributed by atoms with Crippen LogP contribution >= 0.6 is 0 Å². The first-order valence-electron chi connectivity index (χ1n) is 3.59. The SMILES string of the molecule is CC1CC2C[C@H]1CN2. The maximum Gasteiger partial charge on any atom is 0.00730 e. The standard InChI is InChI=1S/C7H13N/c1-5-2-7-3-6(5)4-8-7/h5-8H,2-4H2,1H3/t5?,6-,7?/m0/s1. The van der Waals surface area contributed by atoms with E-state index in [1.54, 1.807) is 0 Å². The molecule has 1 aliphatic heterocycles. The molecule has 1 N–H and O–H groups in total. The van der Waals surface area contributed by atoms with Crippen LogP contribution < -0.4 is 5.32 Å². The molecular weight excluding hydrogens is 98.1 g/mol. The molecule has 0 aromatic heterocycles. The Labute approximate surface area is 50.5 Å². The Kier molecular flexibility index (Phi) is 0.884. The molecular formula is C7H13N. The summed E-state index contributed by atoms with van der Waals surface area (Å²) >= 11 is 0. The first-order valence-corrected chi connectivity index (χ1v) is 3.59. The third-order valence-corrected chi connectivity index (χ3v) is 2.72. The molecule has 0 spiro atoms. The van der Waals surface area contributed by atoms with Crippen LogP contribution in [0.15, 0.2) is 0 Å². The zero-order valence-electron chi connectivity index (χ0n) is 5.35. The van der Waals surface area contributed by atoms with Crippen molar-refractivity contribution in [3.8, 4) is 0 Å². The van der Waals surface area contributed by atoms with E-state index in [1.807, 2.05) is 0 Å². The van der Waals surface area contributed by atoms with Crippen molar-refractivity contribution in [1.82, 2.24) is 5.32 Å². The summed E-state index contributed by atoms with van der Waals surface area (Å²) in [7, 11) is 0. The van der Waals surface area contributed by atoms with E-state index in [-0.39, 0.29) is 0 Å². The van der Waals surface area contributed by atoms with Gasteiger partial charge in [0.2, 0.25) is 0 Å². The first kappa shape index (κ1) is 4.80. The third kappa shape index (κ3) is 0.510. The molecule has 0 amide bonds. The van der Waals surface area contributed by atoms with Crippen molar-refractivity contribution in [2.24, 2.45) is 11.8 Å². The van der Waals surface area contributed by atoms with Gasteiger partial charge in [-0.1, -0.05) is 6.92 Å².